The zero-order valence-electron chi connectivity index (χ0n) is 15.2. The molecule has 0 spiro atoms. The fourth-order valence-corrected chi connectivity index (χ4v) is 6.81. The van der Waals surface area contributed by atoms with Crippen molar-refractivity contribution in [3.8, 4) is 0 Å². The van der Waals surface area contributed by atoms with Gasteiger partial charge in [-0.2, -0.15) is 0 Å². The van der Waals surface area contributed by atoms with E-state index in [0.29, 0.717) is 21.9 Å². The molecule has 4 fully saturated rings. The van der Waals surface area contributed by atoms with Gasteiger partial charge in [-0.3, -0.25) is 0 Å². The van der Waals surface area contributed by atoms with Crippen LogP contribution in [-0.4, -0.2) is 18.6 Å². The SMILES string of the molecule is COC(=O)c1ccc(CNC23CC4CC(C)(CC(C)(C4)C2)C3)cc1. The van der Waals surface area contributed by atoms with Crippen molar-refractivity contribution in [2.45, 2.75) is 64.5 Å². The quantitative estimate of drug-likeness (QED) is 0.837. The lowest BCUT2D eigenvalue weighted by molar-refractivity contribution is -0.118. The van der Waals surface area contributed by atoms with Crippen LogP contribution in [0.1, 0.15) is 68.3 Å². The van der Waals surface area contributed by atoms with E-state index in [1.54, 1.807) is 0 Å². The van der Waals surface area contributed by atoms with Crippen LogP contribution in [0.25, 0.3) is 0 Å². The summed E-state index contributed by atoms with van der Waals surface area (Å²) in [7, 11) is 1.42. The maximum atomic E-state index is 11.5. The highest BCUT2D eigenvalue weighted by Gasteiger charge is 2.59. The predicted octanol–water partition coefficient (Wildman–Crippen LogP) is 4.31. The van der Waals surface area contributed by atoms with Gasteiger partial charge in [-0.15, -0.1) is 0 Å². The molecule has 1 aromatic rings. The third kappa shape index (κ3) is 2.77. The van der Waals surface area contributed by atoms with E-state index in [2.05, 4.69) is 19.2 Å². The second-order valence-electron chi connectivity index (χ2n) is 9.45. The lowest BCUT2D eigenvalue weighted by Gasteiger charge is -2.65. The van der Waals surface area contributed by atoms with Crippen molar-refractivity contribution in [2.24, 2.45) is 16.7 Å². The second kappa shape index (κ2) is 5.32. The van der Waals surface area contributed by atoms with Crippen LogP contribution in [0.2, 0.25) is 0 Å². The van der Waals surface area contributed by atoms with Crippen LogP contribution in [0.15, 0.2) is 24.3 Å². The van der Waals surface area contributed by atoms with Crippen molar-refractivity contribution < 1.29 is 9.53 Å². The maximum Gasteiger partial charge on any atom is 0.337 e. The summed E-state index contributed by atoms with van der Waals surface area (Å²) in [5, 5.41) is 3.94. The predicted molar refractivity (Wildman–Crippen MR) is 94.8 cm³/mol. The number of carbonyl (C=O) groups excluding carboxylic acids is 1. The number of carbonyl (C=O) groups is 1. The van der Waals surface area contributed by atoms with Crippen molar-refractivity contribution in [2.75, 3.05) is 7.11 Å². The zero-order valence-corrected chi connectivity index (χ0v) is 15.2. The van der Waals surface area contributed by atoms with Crippen molar-refractivity contribution >= 4 is 5.97 Å². The fraction of sp³-hybridized carbons (Fsp3) is 0.667. The van der Waals surface area contributed by atoms with Crippen molar-refractivity contribution in [1.29, 1.82) is 0 Å². The van der Waals surface area contributed by atoms with Crippen LogP contribution < -0.4 is 5.32 Å². The summed E-state index contributed by atoms with van der Waals surface area (Å²) in [5.41, 5.74) is 3.26. The van der Waals surface area contributed by atoms with Crippen molar-refractivity contribution in [1.82, 2.24) is 5.32 Å². The molecule has 0 aromatic heterocycles. The van der Waals surface area contributed by atoms with E-state index in [9.17, 15) is 4.79 Å². The fourth-order valence-electron chi connectivity index (χ4n) is 6.81. The molecule has 2 atom stereocenters. The van der Waals surface area contributed by atoms with Crippen LogP contribution in [0.3, 0.4) is 0 Å². The first-order chi connectivity index (χ1) is 11.3. The van der Waals surface area contributed by atoms with E-state index < -0.39 is 0 Å². The molecule has 3 heteroatoms. The Morgan fingerprint density at radius 1 is 1.08 bits per heavy atom. The van der Waals surface area contributed by atoms with Gasteiger partial charge in [0.2, 0.25) is 0 Å². The summed E-state index contributed by atoms with van der Waals surface area (Å²) in [5.74, 6) is 0.641. The molecule has 1 aromatic carbocycles. The Bertz CT molecular complexity index is 632. The molecule has 0 radical (unpaired) electrons. The van der Waals surface area contributed by atoms with Crippen molar-refractivity contribution in [3.63, 3.8) is 0 Å². The van der Waals surface area contributed by atoms with Gasteiger partial charge in [0, 0.05) is 12.1 Å². The number of hydrogen-bond donors (Lipinski definition) is 1. The van der Waals surface area contributed by atoms with Crippen molar-refractivity contribution in [3.05, 3.63) is 35.4 Å². The number of nitrogens with one attached hydrogen (secondary N) is 1. The van der Waals surface area contributed by atoms with Gasteiger partial charge in [-0.25, -0.2) is 4.79 Å². The summed E-state index contributed by atoms with van der Waals surface area (Å²) in [6, 6.07) is 7.82. The Kier molecular flexibility index (Phi) is 3.58. The standard InChI is InChI=1S/C21H29NO2/c1-19-8-16-9-20(2,12-19)14-21(10-16,13-19)22-11-15-4-6-17(7-5-15)18(23)24-3/h4-7,16,22H,8-14H2,1-3H3. The molecule has 5 rings (SSSR count). The Morgan fingerprint density at radius 2 is 1.71 bits per heavy atom. The van der Waals surface area contributed by atoms with Gasteiger partial charge in [0.25, 0.3) is 0 Å². The Morgan fingerprint density at radius 3 is 2.25 bits per heavy atom. The van der Waals surface area contributed by atoms with Gasteiger partial charge < -0.3 is 10.1 Å². The minimum atomic E-state index is -0.267. The first-order valence-corrected chi connectivity index (χ1v) is 9.25. The Balaban J connectivity index is 1.47. The summed E-state index contributed by atoms with van der Waals surface area (Å²) < 4.78 is 4.77. The van der Waals surface area contributed by atoms with E-state index in [0.717, 1.165) is 12.5 Å². The zero-order chi connectivity index (χ0) is 17.0. The van der Waals surface area contributed by atoms with Crippen LogP contribution in [0.5, 0.6) is 0 Å². The van der Waals surface area contributed by atoms with Crippen LogP contribution >= 0.6 is 0 Å². The summed E-state index contributed by atoms with van der Waals surface area (Å²) in [6.45, 7) is 5.91. The molecule has 1 N–H and O–H groups in total. The summed E-state index contributed by atoms with van der Waals surface area (Å²) in [4.78, 5) is 11.5. The van der Waals surface area contributed by atoms with Gasteiger partial charge in [0.1, 0.15) is 0 Å². The molecular weight excluding hydrogens is 298 g/mol. The minimum Gasteiger partial charge on any atom is -0.465 e. The molecule has 3 nitrogen and oxygen atoms in total. The molecule has 0 aliphatic heterocycles. The molecule has 2 unspecified atom stereocenters. The average Bonchev–Trinajstić information content (AvgIpc) is 2.49. The lowest BCUT2D eigenvalue weighted by Crippen LogP contribution is -2.63. The molecule has 0 saturated heterocycles. The molecular formula is C21H29NO2. The lowest BCUT2D eigenvalue weighted by atomic mass is 9.43. The molecule has 24 heavy (non-hydrogen) atoms. The van der Waals surface area contributed by atoms with Crippen LogP contribution in [0, 0.1) is 16.7 Å². The van der Waals surface area contributed by atoms with Crippen LogP contribution in [0.4, 0.5) is 0 Å². The average molecular weight is 327 g/mol. The molecule has 4 bridgehead atoms. The highest BCUT2D eigenvalue weighted by Crippen LogP contribution is 2.66. The number of methoxy groups -OCH3 is 1. The molecule has 0 heterocycles. The number of rotatable bonds is 4. The van der Waals surface area contributed by atoms with E-state index >= 15 is 0 Å². The molecule has 4 saturated carbocycles. The van der Waals surface area contributed by atoms with Gasteiger partial charge >= 0.3 is 5.97 Å². The summed E-state index contributed by atoms with van der Waals surface area (Å²) >= 11 is 0. The molecule has 4 aliphatic carbocycles. The first-order valence-electron chi connectivity index (χ1n) is 9.25. The second-order valence-corrected chi connectivity index (χ2v) is 9.45. The molecule has 4 aliphatic rings. The minimum absolute atomic E-state index is 0.267. The highest BCUT2D eigenvalue weighted by atomic mass is 16.5. The topological polar surface area (TPSA) is 38.3 Å². The number of hydrogen-bond acceptors (Lipinski definition) is 3. The normalized spacial score (nSPS) is 39.9. The smallest absolute Gasteiger partial charge is 0.337 e. The Labute approximate surface area is 145 Å². The van der Waals surface area contributed by atoms with Gasteiger partial charge in [0.05, 0.1) is 12.7 Å². The number of ether oxygens (including phenoxy) is 1. The van der Waals surface area contributed by atoms with Gasteiger partial charge in [-0.05, 0) is 73.0 Å². The van der Waals surface area contributed by atoms with E-state index in [4.69, 9.17) is 4.74 Å². The van der Waals surface area contributed by atoms with E-state index in [1.165, 1.54) is 51.2 Å². The third-order valence-electron chi connectivity index (χ3n) is 6.67. The molecule has 130 valence electrons. The summed E-state index contributed by atoms with van der Waals surface area (Å²) in [6.07, 6.45) is 8.27. The van der Waals surface area contributed by atoms with Crippen LogP contribution in [-0.2, 0) is 11.3 Å². The first kappa shape index (κ1) is 16.1. The number of esters is 1. The van der Waals surface area contributed by atoms with E-state index in [-0.39, 0.29) is 5.97 Å². The number of benzene rings is 1. The largest absolute Gasteiger partial charge is 0.465 e. The third-order valence-corrected chi connectivity index (χ3v) is 6.67. The Hall–Kier alpha value is -1.35. The maximum absolute atomic E-state index is 11.5. The molecule has 0 amide bonds. The van der Waals surface area contributed by atoms with Gasteiger partial charge in [-0.1, -0.05) is 26.0 Å². The van der Waals surface area contributed by atoms with Gasteiger partial charge in [0.15, 0.2) is 0 Å². The monoisotopic (exact) mass is 327 g/mol. The highest BCUT2D eigenvalue weighted by molar-refractivity contribution is 5.89. The van der Waals surface area contributed by atoms with E-state index in [1.807, 2.05) is 24.3 Å².